The van der Waals surface area contributed by atoms with E-state index in [1.54, 1.807) is 30.3 Å². The zero-order chi connectivity index (χ0) is 22.6. The molecule has 0 amide bonds. The van der Waals surface area contributed by atoms with Crippen LogP contribution in [0.2, 0.25) is 0 Å². The molecule has 1 aliphatic heterocycles. The van der Waals surface area contributed by atoms with Crippen molar-refractivity contribution in [3.8, 4) is 0 Å². The minimum absolute atomic E-state index is 0.124. The quantitative estimate of drug-likeness (QED) is 0.541. The monoisotopic (exact) mass is 455 g/mol. The topological polar surface area (TPSA) is 87.2 Å². The Morgan fingerprint density at radius 1 is 0.969 bits per heavy atom. The maximum atomic E-state index is 13.8. The van der Waals surface area contributed by atoms with Crippen LogP contribution in [0.1, 0.15) is 30.5 Å². The number of aromatic nitrogens is 2. The number of halogens is 1. The molecule has 0 unspecified atom stereocenters. The molecule has 7 nitrogen and oxygen atoms in total. The lowest BCUT2D eigenvalue weighted by atomic mass is 10.1. The summed E-state index contributed by atoms with van der Waals surface area (Å²) in [4.78, 5) is 11.4. The highest BCUT2D eigenvalue weighted by Gasteiger charge is 2.16. The van der Waals surface area contributed by atoms with Gasteiger partial charge in [0.1, 0.15) is 11.6 Å². The molecule has 0 spiro atoms. The summed E-state index contributed by atoms with van der Waals surface area (Å²) in [7, 11) is -3.75. The number of sulfonamides is 1. The van der Waals surface area contributed by atoms with Crippen LogP contribution in [0, 0.1) is 12.7 Å². The Balaban J connectivity index is 1.43. The Bertz CT molecular complexity index is 1180. The van der Waals surface area contributed by atoms with Crippen LogP contribution in [0.5, 0.6) is 0 Å². The van der Waals surface area contributed by atoms with Gasteiger partial charge in [-0.25, -0.2) is 17.8 Å². The average molecular weight is 456 g/mol. The number of hydrogen-bond donors (Lipinski definition) is 2. The first-order valence-corrected chi connectivity index (χ1v) is 12.2. The molecule has 4 rings (SSSR count). The van der Waals surface area contributed by atoms with Gasteiger partial charge < -0.3 is 10.2 Å². The van der Waals surface area contributed by atoms with Gasteiger partial charge in [0.15, 0.2) is 0 Å². The zero-order valence-corrected chi connectivity index (χ0v) is 18.7. The number of rotatable bonds is 7. The fraction of sp³-hybridized carbons (Fsp3) is 0.304. The highest BCUT2D eigenvalue weighted by molar-refractivity contribution is 7.91. The molecule has 32 heavy (non-hydrogen) atoms. The lowest BCUT2D eigenvalue weighted by Gasteiger charge is -2.28. The number of piperidine rings is 1. The van der Waals surface area contributed by atoms with E-state index < -0.39 is 21.6 Å². The van der Waals surface area contributed by atoms with E-state index in [9.17, 15) is 12.8 Å². The van der Waals surface area contributed by atoms with Gasteiger partial charge in [0, 0.05) is 41.8 Å². The molecule has 3 aromatic rings. The first-order valence-electron chi connectivity index (χ1n) is 10.6. The smallest absolute Gasteiger partial charge is 0.237 e. The third kappa shape index (κ3) is 5.73. The van der Waals surface area contributed by atoms with Gasteiger partial charge >= 0.3 is 0 Å². The molecule has 1 aromatic heterocycles. The van der Waals surface area contributed by atoms with Crippen LogP contribution in [-0.2, 0) is 15.8 Å². The molecule has 0 aliphatic carbocycles. The van der Waals surface area contributed by atoms with E-state index in [1.165, 1.54) is 37.5 Å². The van der Waals surface area contributed by atoms with Gasteiger partial charge in [-0.15, -0.1) is 0 Å². The molecule has 2 N–H and O–H groups in total. The Hall–Kier alpha value is -3.20. The van der Waals surface area contributed by atoms with E-state index in [4.69, 9.17) is 0 Å². The van der Waals surface area contributed by atoms with Crippen molar-refractivity contribution in [3.05, 3.63) is 71.7 Å². The van der Waals surface area contributed by atoms with Crippen molar-refractivity contribution in [2.75, 3.05) is 28.0 Å². The minimum Gasteiger partial charge on any atom is -0.356 e. The maximum Gasteiger partial charge on any atom is 0.237 e. The average Bonchev–Trinajstić information content (AvgIpc) is 2.77. The SMILES string of the molecule is Cc1cc(N2CCCCC2)nc(Nc2ccc(NS(=O)(=O)Cc3ccccc3F)cc2)n1. The van der Waals surface area contributed by atoms with Crippen molar-refractivity contribution in [2.24, 2.45) is 0 Å². The predicted octanol–water partition coefficient (Wildman–Crippen LogP) is 4.60. The molecular formula is C23H26FN5O2S. The van der Waals surface area contributed by atoms with E-state index in [0.717, 1.165) is 30.3 Å². The molecule has 1 aliphatic rings. The summed E-state index contributed by atoms with van der Waals surface area (Å²) >= 11 is 0. The maximum absolute atomic E-state index is 13.8. The summed E-state index contributed by atoms with van der Waals surface area (Å²) in [6.45, 7) is 3.93. The van der Waals surface area contributed by atoms with Gasteiger partial charge in [-0.1, -0.05) is 18.2 Å². The second-order valence-corrected chi connectivity index (χ2v) is 9.62. The standard InChI is InChI=1S/C23H26FN5O2S/c1-17-15-22(29-13-5-2-6-14-29)27-23(25-17)26-19-9-11-20(12-10-19)28-32(30,31)16-18-7-3-4-8-21(18)24/h3-4,7-12,15,28H,2,5-6,13-14,16H2,1H3,(H,25,26,27). The van der Waals surface area contributed by atoms with E-state index in [2.05, 4.69) is 24.9 Å². The largest absolute Gasteiger partial charge is 0.356 e. The zero-order valence-electron chi connectivity index (χ0n) is 17.9. The third-order valence-electron chi connectivity index (χ3n) is 5.24. The molecule has 168 valence electrons. The van der Waals surface area contributed by atoms with Crippen molar-refractivity contribution in [3.63, 3.8) is 0 Å². The molecule has 1 fully saturated rings. The molecule has 1 saturated heterocycles. The molecule has 0 saturated carbocycles. The normalized spacial score (nSPS) is 14.2. The van der Waals surface area contributed by atoms with Gasteiger partial charge in [-0.3, -0.25) is 4.72 Å². The summed E-state index contributed by atoms with van der Waals surface area (Å²) in [6.07, 6.45) is 3.59. The van der Waals surface area contributed by atoms with Crippen LogP contribution in [0.4, 0.5) is 27.5 Å². The van der Waals surface area contributed by atoms with E-state index in [-0.39, 0.29) is 5.56 Å². The highest BCUT2D eigenvalue weighted by Crippen LogP contribution is 2.23. The summed E-state index contributed by atoms with van der Waals surface area (Å²) in [5.74, 6) is 0.436. The van der Waals surface area contributed by atoms with Crippen LogP contribution in [0.3, 0.4) is 0 Å². The fourth-order valence-electron chi connectivity index (χ4n) is 3.68. The molecule has 0 atom stereocenters. The lowest BCUT2D eigenvalue weighted by molar-refractivity contribution is 0.573. The van der Waals surface area contributed by atoms with Gasteiger partial charge in [0.05, 0.1) is 5.75 Å². The Morgan fingerprint density at radius 3 is 2.38 bits per heavy atom. The molecule has 0 radical (unpaired) electrons. The van der Waals surface area contributed by atoms with E-state index in [0.29, 0.717) is 11.6 Å². The first-order chi connectivity index (χ1) is 15.4. The molecule has 9 heteroatoms. The molecule has 2 heterocycles. The van der Waals surface area contributed by atoms with Crippen molar-refractivity contribution in [1.82, 2.24) is 9.97 Å². The van der Waals surface area contributed by atoms with Crippen LogP contribution >= 0.6 is 0 Å². The Morgan fingerprint density at radius 2 is 1.66 bits per heavy atom. The van der Waals surface area contributed by atoms with Gasteiger partial charge in [-0.2, -0.15) is 4.98 Å². The number of nitrogens with one attached hydrogen (secondary N) is 2. The van der Waals surface area contributed by atoms with E-state index >= 15 is 0 Å². The number of aryl methyl sites for hydroxylation is 1. The number of benzene rings is 2. The van der Waals surface area contributed by atoms with Crippen LogP contribution in [0.25, 0.3) is 0 Å². The molecule has 0 bridgehead atoms. The molecule has 2 aromatic carbocycles. The Labute approximate surface area is 187 Å². The summed E-state index contributed by atoms with van der Waals surface area (Å²) in [5.41, 5.74) is 2.13. The third-order valence-corrected chi connectivity index (χ3v) is 6.48. The predicted molar refractivity (Wildman–Crippen MR) is 125 cm³/mol. The number of nitrogens with zero attached hydrogens (tertiary/aromatic N) is 3. The summed E-state index contributed by atoms with van der Waals surface area (Å²) in [5, 5.41) is 3.19. The van der Waals surface area contributed by atoms with Gasteiger partial charge in [0.25, 0.3) is 0 Å². The van der Waals surface area contributed by atoms with Crippen molar-refractivity contribution >= 4 is 33.2 Å². The van der Waals surface area contributed by atoms with Crippen molar-refractivity contribution in [2.45, 2.75) is 31.9 Å². The highest BCUT2D eigenvalue weighted by atomic mass is 32.2. The fourth-order valence-corrected chi connectivity index (χ4v) is 4.89. The van der Waals surface area contributed by atoms with Crippen LogP contribution in [0.15, 0.2) is 54.6 Å². The second-order valence-electron chi connectivity index (χ2n) is 7.89. The number of hydrogen-bond acceptors (Lipinski definition) is 6. The second kappa shape index (κ2) is 9.52. The molecular weight excluding hydrogens is 429 g/mol. The summed E-state index contributed by atoms with van der Waals surface area (Å²) < 4.78 is 41.1. The van der Waals surface area contributed by atoms with Crippen molar-refractivity contribution in [1.29, 1.82) is 0 Å². The number of anilines is 4. The Kier molecular flexibility index (Phi) is 6.55. The first kappa shape index (κ1) is 22.0. The van der Waals surface area contributed by atoms with Crippen molar-refractivity contribution < 1.29 is 12.8 Å². The van der Waals surface area contributed by atoms with Crippen LogP contribution < -0.4 is 14.9 Å². The minimum atomic E-state index is -3.75. The summed E-state index contributed by atoms with van der Waals surface area (Å²) in [6, 6.07) is 14.6. The lowest BCUT2D eigenvalue weighted by Crippen LogP contribution is -2.30. The van der Waals surface area contributed by atoms with E-state index in [1.807, 2.05) is 13.0 Å². The van der Waals surface area contributed by atoms with Gasteiger partial charge in [-0.05, 0) is 56.5 Å². The van der Waals surface area contributed by atoms with Gasteiger partial charge in [0.2, 0.25) is 16.0 Å². The van der Waals surface area contributed by atoms with Crippen LogP contribution in [-0.4, -0.2) is 31.5 Å².